The van der Waals surface area contributed by atoms with Crippen molar-refractivity contribution in [3.05, 3.63) is 35.4 Å². The van der Waals surface area contributed by atoms with E-state index in [9.17, 15) is 9.90 Å². The van der Waals surface area contributed by atoms with Crippen LogP contribution in [-0.4, -0.2) is 33.9 Å². The van der Waals surface area contributed by atoms with Crippen LogP contribution in [0.2, 0.25) is 0 Å². The van der Waals surface area contributed by atoms with E-state index in [4.69, 9.17) is 5.26 Å². The average Bonchev–Trinajstić information content (AvgIpc) is 2.85. The Kier molecular flexibility index (Phi) is 2.90. The van der Waals surface area contributed by atoms with Crippen molar-refractivity contribution in [2.45, 2.75) is 37.8 Å². The molecule has 0 atom stereocenters. The van der Waals surface area contributed by atoms with Crippen molar-refractivity contribution >= 4 is 11.7 Å². The monoisotopic (exact) mass is 321 g/mol. The van der Waals surface area contributed by atoms with Gasteiger partial charge < -0.3 is 5.11 Å². The Hall–Kier alpha value is -2.19. The lowest BCUT2D eigenvalue weighted by Gasteiger charge is -2.58. The van der Waals surface area contributed by atoms with Crippen molar-refractivity contribution in [2.75, 3.05) is 0 Å². The molecule has 0 saturated heterocycles. The molecule has 4 fully saturated rings. The van der Waals surface area contributed by atoms with Gasteiger partial charge in [0.25, 0.3) is 5.91 Å². The Morgan fingerprint density at radius 2 is 1.62 bits per heavy atom. The van der Waals surface area contributed by atoms with Gasteiger partial charge in [-0.25, -0.2) is 0 Å². The molecular formula is C19H19N3O2. The van der Waals surface area contributed by atoms with Crippen molar-refractivity contribution in [1.82, 2.24) is 4.90 Å². The fourth-order valence-corrected chi connectivity index (χ4v) is 5.91. The number of benzene rings is 1. The molecule has 1 amide bonds. The maximum Gasteiger partial charge on any atom is 0.260 e. The minimum atomic E-state index is -0.155. The summed E-state index contributed by atoms with van der Waals surface area (Å²) in [6.07, 6.45) is 5.67. The summed E-state index contributed by atoms with van der Waals surface area (Å²) in [7, 11) is 0. The van der Waals surface area contributed by atoms with E-state index in [1.807, 2.05) is 35.4 Å². The Balaban J connectivity index is 1.57. The number of fused-ring (bicyclic) bond motifs is 1. The van der Waals surface area contributed by atoms with Crippen molar-refractivity contribution in [3.63, 3.8) is 0 Å². The lowest BCUT2D eigenvalue weighted by Crippen LogP contribution is -2.61. The predicted octanol–water partition coefficient (Wildman–Crippen LogP) is 2.17. The van der Waals surface area contributed by atoms with E-state index >= 15 is 0 Å². The molecule has 5 aliphatic rings. The molecule has 4 saturated carbocycles. The number of amides is 1. The van der Waals surface area contributed by atoms with Gasteiger partial charge in [-0.05, 0) is 55.4 Å². The second kappa shape index (κ2) is 4.90. The van der Waals surface area contributed by atoms with E-state index in [1.54, 1.807) is 0 Å². The van der Waals surface area contributed by atoms with Gasteiger partial charge in [0, 0.05) is 11.6 Å². The highest BCUT2D eigenvalue weighted by atomic mass is 16.3. The SMILES string of the molecule is N#C/N=C1/c2ccccc2C(=O)N1C1C2CC3CC1CC(C2)C3O. The molecule has 1 aromatic rings. The van der Waals surface area contributed by atoms with Gasteiger partial charge in [-0.3, -0.25) is 9.69 Å². The van der Waals surface area contributed by atoms with Crippen LogP contribution in [0.5, 0.6) is 0 Å². The molecular weight excluding hydrogens is 302 g/mol. The molecule has 0 spiro atoms. The highest BCUT2D eigenvalue weighted by Crippen LogP contribution is 2.56. The first-order chi connectivity index (χ1) is 11.7. The van der Waals surface area contributed by atoms with Crippen LogP contribution in [0.25, 0.3) is 0 Å². The molecule has 1 aromatic carbocycles. The van der Waals surface area contributed by atoms with Crippen LogP contribution in [0.1, 0.15) is 41.6 Å². The summed E-state index contributed by atoms with van der Waals surface area (Å²) in [5.41, 5.74) is 1.43. The Bertz CT molecular complexity index is 764. The number of carbonyl (C=O) groups excluding carboxylic acids is 1. The maximum atomic E-state index is 13.1. The van der Waals surface area contributed by atoms with E-state index in [1.165, 1.54) is 0 Å². The third-order valence-electron chi connectivity index (χ3n) is 6.65. The van der Waals surface area contributed by atoms with Gasteiger partial charge in [0.2, 0.25) is 6.19 Å². The first kappa shape index (κ1) is 14.2. The molecule has 122 valence electrons. The lowest BCUT2D eigenvalue weighted by molar-refractivity contribution is -0.118. The number of nitrogens with zero attached hydrogens (tertiary/aromatic N) is 3. The summed E-state index contributed by atoms with van der Waals surface area (Å²) >= 11 is 0. The topological polar surface area (TPSA) is 76.7 Å². The molecule has 4 bridgehead atoms. The fourth-order valence-electron chi connectivity index (χ4n) is 5.91. The second-order valence-electron chi connectivity index (χ2n) is 7.72. The number of amidine groups is 1. The average molecular weight is 321 g/mol. The van der Waals surface area contributed by atoms with Crippen molar-refractivity contribution in [2.24, 2.45) is 28.7 Å². The van der Waals surface area contributed by atoms with Crippen LogP contribution in [0, 0.1) is 35.1 Å². The van der Waals surface area contributed by atoms with Crippen LogP contribution in [0.15, 0.2) is 29.3 Å². The predicted molar refractivity (Wildman–Crippen MR) is 87.0 cm³/mol. The normalized spacial score (nSPS) is 40.9. The van der Waals surface area contributed by atoms with Crippen LogP contribution in [-0.2, 0) is 0 Å². The minimum Gasteiger partial charge on any atom is -0.393 e. The van der Waals surface area contributed by atoms with Gasteiger partial charge in [0.15, 0.2) is 5.84 Å². The van der Waals surface area contributed by atoms with Crippen molar-refractivity contribution in [3.8, 4) is 6.19 Å². The van der Waals surface area contributed by atoms with E-state index in [-0.39, 0.29) is 18.1 Å². The smallest absolute Gasteiger partial charge is 0.260 e. The van der Waals surface area contributed by atoms with Gasteiger partial charge in [-0.2, -0.15) is 10.3 Å². The van der Waals surface area contributed by atoms with Crippen molar-refractivity contribution < 1.29 is 9.90 Å². The second-order valence-corrected chi connectivity index (χ2v) is 7.72. The lowest BCUT2D eigenvalue weighted by atomic mass is 9.52. The van der Waals surface area contributed by atoms with Crippen LogP contribution >= 0.6 is 0 Å². The number of aliphatic hydroxyl groups excluding tert-OH is 1. The molecule has 1 heterocycles. The number of nitriles is 1. The molecule has 0 unspecified atom stereocenters. The Labute approximate surface area is 140 Å². The molecule has 0 aromatic heterocycles. The number of aliphatic hydroxyl groups is 1. The van der Waals surface area contributed by atoms with Gasteiger partial charge in [0.05, 0.1) is 11.7 Å². The zero-order valence-electron chi connectivity index (χ0n) is 13.3. The van der Waals surface area contributed by atoms with Crippen LogP contribution in [0.3, 0.4) is 0 Å². The summed E-state index contributed by atoms with van der Waals surface area (Å²) in [5.74, 6) is 2.12. The number of rotatable bonds is 1. The van der Waals surface area contributed by atoms with E-state index in [2.05, 4.69) is 4.99 Å². The summed E-state index contributed by atoms with van der Waals surface area (Å²) in [5, 5.41) is 19.5. The Morgan fingerprint density at radius 3 is 2.21 bits per heavy atom. The summed E-state index contributed by atoms with van der Waals surface area (Å²) in [6.45, 7) is 0. The number of hydrogen-bond acceptors (Lipinski definition) is 4. The van der Waals surface area contributed by atoms with E-state index in [0.29, 0.717) is 35.1 Å². The highest BCUT2D eigenvalue weighted by molar-refractivity contribution is 6.23. The van der Waals surface area contributed by atoms with Gasteiger partial charge in [0.1, 0.15) is 0 Å². The minimum absolute atomic E-state index is 0.0161. The maximum absolute atomic E-state index is 13.1. The van der Waals surface area contributed by atoms with Crippen LogP contribution < -0.4 is 0 Å². The quantitative estimate of drug-likeness (QED) is 0.805. The third-order valence-corrected chi connectivity index (χ3v) is 6.65. The molecule has 6 rings (SSSR count). The largest absolute Gasteiger partial charge is 0.393 e. The Morgan fingerprint density at radius 1 is 1.04 bits per heavy atom. The number of carbonyl (C=O) groups is 1. The first-order valence-corrected chi connectivity index (χ1v) is 8.77. The standard InChI is InChI=1S/C19H19N3O2/c20-9-21-18-14-3-1-2-4-15(14)19(24)22(18)16-10-5-12-7-11(16)8-13(6-10)17(12)23/h1-4,10-13,16-17,23H,5-8H2/b21-18-. The fraction of sp³-hybridized carbons (Fsp3) is 0.526. The molecule has 24 heavy (non-hydrogen) atoms. The molecule has 1 aliphatic heterocycles. The van der Waals surface area contributed by atoms with Gasteiger partial charge in [-0.15, -0.1) is 0 Å². The van der Waals surface area contributed by atoms with Gasteiger partial charge in [-0.1, -0.05) is 18.2 Å². The summed E-state index contributed by atoms with van der Waals surface area (Å²) in [6, 6.07) is 7.57. The summed E-state index contributed by atoms with van der Waals surface area (Å²) in [4.78, 5) is 18.9. The zero-order valence-corrected chi connectivity index (χ0v) is 13.3. The van der Waals surface area contributed by atoms with Gasteiger partial charge >= 0.3 is 0 Å². The molecule has 5 nitrogen and oxygen atoms in total. The van der Waals surface area contributed by atoms with E-state index < -0.39 is 0 Å². The molecule has 5 heteroatoms. The molecule has 0 radical (unpaired) electrons. The van der Waals surface area contributed by atoms with E-state index in [0.717, 1.165) is 31.2 Å². The molecule has 1 N–H and O–H groups in total. The molecule has 4 aliphatic carbocycles. The highest BCUT2D eigenvalue weighted by Gasteiger charge is 2.56. The number of hydrogen-bond donors (Lipinski definition) is 1. The third kappa shape index (κ3) is 1.72. The summed E-state index contributed by atoms with van der Waals surface area (Å²) < 4.78 is 0. The van der Waals surface area contributed by atoms with Crippen molar-refractivity contribution in [1.29, 1.82) is 5.26 Å². The van der Waals surface area contributed by atoms with Crippen LogP contribution in [0.4, 0.5) is 0 Å². The number of aliphatic imine (C=N–C) groups is 1. The first-order valence-electron chi connectivity index (χ1n) is 8.77. The zero-order chi connectivity index (χ0) is 16.4.